The predicted molar refractivity (Wildman–Crippen MR) is 83.8 cm³/mol. The van der Waals surface area contributed by atoms with Crippen molar-refractivity contribution in [1.82, 2.24) is 15.1 Å². The Morgan fingerprint density at radius 1 is 1.14 bits per heavy atom. The number of fused-ring (bicyclic) bond motifs is 1. The molecule has 4 heteroatoms. The van der Waals surface area contributed by atoms with Crippen molar-refractivity contribution >= 4 is 10.9 Å². The lowest BCUT2D eigenvalue weighted by Gasteiger charge is -2.13. The molecule has 0 aliphatic heterocycles. The van der Waals surface area contributed by atoms with Gasteiger partial charge in [-0.3, -0.25) is 4.68 Å². The summed E-state index contributed by atoms with van der Waals surface area (Å²) in [5.74, 6) is 0. The van der Waals surface area contributed by atoms with E-state index < -0.39 is 6.10 Å². The van der Waals surface area contributed by atoms with E-state index in [-0.39, 0.29) is 0 Å². The van der Waals surface area contributed by atoms with Crippen LogP contribution in [0.4, 0.5) is 0 Å². The standard InChI is InChI=1S/C17H19N3O/c1-20-16-9-5-8-14(15(16)11-19-20)17(21)12-18-10-13-6-3-2-4-7-13/h2-9,11,17-18,21H,10,12H2,1H3. The van der Waals surface area contributed by atoms with E-state index in [2.05, 4.69) is 22.5 Å². The molecular weight excluding hydrogens is 262 g/mol. The molecule has 3 aromatic rings. The number of nitrogens with one attached hydrogen (secondary N) is 1. The molecule has 4 nitrogen and oxygen atoms in total. The SMILES string of the molecule is Cn1ncc2c(C(O)CNCc3ccccc3)cccc21. The number of aliphatic hydroxyl groups is 1. The smallest absolute Gasteiger partial charge is 0.0921 e. The molecular formula is C17H19N3O. The number of aromatic nitrogens is 2. The number of aryl methyl sites for hydroxylation is 1. The van der Waals surface area contributed by atoms with Crippen molar-refractivity contribution in [2.45, 2.75) is 12.6 Å². The second-order valence-electron chi connectivity index (χ2n) is 5.18. The zero-order valence-corrected chi connectivity index (χ0v) is 12.0. The largest absolute Gasteiger partial charge is 0.387 e. The first-order chi connectivity index (χ1) is 10.3. The zero-order chi connectivity index (χ0) is 14.7. The average molecular weight is 281 g/mol. The molecule has 1 unspecified atom stereocenters. The van der Waals surface area contributed by atoms with Gasteiger partial charge in [-0.25, -0.2) is 0 Å². The summed E-state index contributed by atoms with van der Waals surface area (Å²) in [5, 5.41) is 19.0. The van der Waals surface area contributed by atoms with Crippen molar-refractivity contribution in [3.63, 3.8) is 0 Å². The van der Waals surface area contributed by atoms with Crippen molar-refractivity contribution in [2.24, 2.45) is 7.05 Å². The van der Waals surface area contributed by atoms with Gasteiger partial charge < -0.3 is 10.4 Å². The van der Waals surface area contributed by atoms with Gasteiger partial charge in [0.25, 0.3) is 0 Å². The monoisotopic (exact) mass is 281 g/mol. The highest BCUT2D eigenvalue weighted by Gasteiger charge is 2.12. The van der Waals surface area contributed by atoms with Gasteiger partial charge in [0.2, 0.25) is 0 Å². The summed E-state index contributed by atoms with van der Waals surface area (Å²) in [6.07, 6.45) is 1.27. The van der Waals surface area contributed by atoms with Crippen LogP contribution in [0.15, 0.2) is 54.7 Å². The highest BCUT2D eigenvalue weighted by molar-refractivity contribution is 5.82. The Kier molecular flexibility index (Phi) is 3.99. The highest BCUT2D eigenvalue weighted by atomic mass is 16.3. The fourth-order valence-electron chi connectivity index (χ4n) is 2.55. The van der Waals surface area contributed by atoms with Crippen molar-refractivity contribution < 1.29 is 5.11 Å². The van der Waals surface area contributed by atoms with Gasteiger partial charge in [-0.1, -0.05) is 42.5 Å². The second-order valence-corrected chi connectivity index (χ2v) is 5.18. The third kappa shape index (κ3) is 2.96. The number of hydrogen-bond acceptors (Lipinski definition) is 3. The summed E-state index contributed by atoms with van der Waals surface area (Å²) < 4.78 is 1.82. The molecule has 21 heavy (non-hydrogen) atoms. The van der Waals surface area contributed by atoms with Gasteiger partial charge in [0, 0.05) is 25.5 Å². The highest BCUT2D eigenvalue weighted by Crippen LogP contribution is 2.23. The molecule has 3 rings (SSSR count). The lowest BCUT2D eigenvalue weighted by Crippen LogP contribution is -2.21. The average Bonchev–Trinajstić information content (AvgIpc) is 2.90. The molecule has 2 N–H and O–H groups in total. The number of hydrogen-bond donors (Lipinski definition) is 2. The van der Waals surface area contributed by atoms with Gasteiger partial charge in [0.05, 0.1) is 17.8 Å². The van der Waals surface area contributed by atoms with Crippen LogP contribution in [-0.2, 0) is 13.6 Å². The number of aliphatic hydroxyl groups excluding tert-OH is 1. The van der Waals surface area contributed by atoms with Crippen LogP contribution >= 0.6 is 0 Å². The van der Waals surface area contributed by atoms with E-state index in [4.69, 9.17) is 0 Å². The van der Waals surface area contributed by atoms with Crippen LogP contribution < -0.4 is 5.32 Å². The van der Waals surface area contributed by atoms with E-state index in [9.17, 15) is 5.11 Å². The summed E-state index contributed by atoms with van der Waals surface area (Å²) in [5.41, 5.74) is 3.17. The molecule has 0 bridgehead atoms. The van der Waals surface area contributed by atoms with Crippen molar-refractivity contribution in [3.8, 4) is 0 Å². The molecule has 0 fully saturated rings. The van der Waals surface area contributed by atoms with Crippen LogP contribution in [0.25, 0.3) is 10.9 Å². The van der Waals surface area contributed by atoms with Crippen molar-refractivity contribution in [3.05, 3.63) is 65.9 Å². The van der Waals surface area contributed by atoms with E-state index in [0.29, 0.717) is 6.54 Å². The quantitative estimate of drug-likeness (QED) is 0.755. The molecule has 1 atom stereocenters. The molecule has 0 aliphatic carbocycles. The van der Waals surface area contributed by atoms with Crippen LogP contribution in [0.5, 0.6) is 0 Å². The van der Waals surface area contributed by atoms with Gasteiger partial charge in [-0.2, -0.15) is 5.10 Å². The normalized spacial score (nSPS) is 12.7. The van der Waals surface area contributed by atoms with Gasteiger partial charge in [0.15, 0.2) is 0 Å². The molecule has 1 aromatic heterocycles. The van der Waals surface area contributed by atoms with Crippen molar-refractivity contribution in [1.29, 1.82) is 0 Å². The summed E-state index contributed by atoms with van der Waals surface area (Å²) >= 11 is 0. The Labute approximate surface area is 124 Å². The third-order valence-corrected chi connectivity index (χ3v) is 3.69. The molecule has 0 spiro atoms. The minimum absolute atomic E-state index is 0.517. The second kappa shape index (κ2) is 6.08. The van der Waals surface area contributed by atoms with E-state index >= 15 is 0 Å². The van der Waals surface area contributed by atoms with Crippen LogP contribution in [0.2, 0.25) is 0 Å². The van der Waals surface area contributed by atoms with E-state index in [1.165, 1.54) is 5.56 Å². The Bertz CT molecular complexity index is 721. The predicted octanol–water partition coefficient (Wildman–Crippen LogP) is 2.40. The molecule has 1 heterocycles. The van der Waals surface area contributed by atoms with Gasteiger partial charge in [-0.15, -0.1) is 0 Å². The topological polar surface area (TPSA) is 50.1 Å². The van der Waals surface area contributed by atoms with Crippen molar-refractivity contribution in [2.75, 3.05) is 6.54 Å². The summed E-state index contributed by atoms with van der Waals surface area (Å²) in [6, 6.07) is 16.1. The van der Waals surface area contributed by atoms with E-state index in [0.717, 1.165) is 23.0 Å². The molecule has 108 valence electrons. The fraction of sp³-hybridized carbons (Fsp3) is 0.235. The molecule has 0 saturated carbocycles. The van der Waals surface area contributed by atoms with Crippen LogP contribution in [0.3, 0.4) is 0 Å². The van der Waals surface area contributed by atoms with Gasteiger partial charge in [0.1, 0.15) is 0 Å². The third-order valence-electron chi connectivity index (χ3n) is 3.69. The minimum Gasteiger partial charge on any atom is -0.387 e. The minimum atomic E-state index is -0.540. The van der Waals surface area contributed by atoms with Gasteiger partial charge in [-0.05, 0) is 17.2 Å². The Morgan fingerprint density at radius 3 is 2.76 bits per heavy atom. The first-order valence-electron chi connectivity index (χ1n) is 7.09. The van der Waals surface area contributed by atoms with Crippen LogP contribution in [0, 0.1) is 0 Å². The number of rotatable bonds is 5. The number of benzene rings is 2. The van der Waals surface area contributed by atoms with Gasteiger partial charge >= 0.3 is 0 Å². The van der Waals surface area contributed by atoms with E-state index in [1.807, 2.05) is 54.3 Å². The lowest BCUT2D eigenvalue weighted by molar-refractivity contribution is 0.176. The summed E-state index contributed by atoms with van der Waals surface area (Å²) in [4.78, 5) is 0. The Balaban J connectivity index is 1.68. The van der Waals surface area contributed by atoms with E-state index in [1.54, 1.807) is 0 Å². The molecule has 0 radical (unpaired) electrons. The maximum absolute atomic E-state index is 10.4. The number of nitrogens with zero attached hydrogens (tertiary/aromatic N) is 2. The lowest BCUT2D eigenvalue weighted by atomic mass is 10.0. The maximum Gasteiger partial charge on any atom is 0.0921 e. The van der Waals surface area contributed by atoms with Crippen LogP contribution in [-0.4, -0.2) is 21.4 Å². The van der Waals surface area contributed by atoms with Crippen LogP contribution in [0.1, 0.15) is 17.2 Å². The zero-order valence-electron chi connectivity index (χ0n) is 12.0. The molecule has 2 aromatic carbocycles. The Morgan fingerprint density at radius 2 is 1.95 bits per heavy atom. The maximum atomic E-state index is 10.4. The molecule has 0 amide bonds. The first-order valence-corrected chi connectivity index (χ1v) is 7.09. The fourth-order valence-corrected chi connectivity index (χ4v) is 2.55. The molecule has 0 saturated heterocycles. The summed E-state index contributed by atoms with van der Waals surface area (Å²) in [6.45, 7) is 1.27. The Hall–Kier alpha value is -2.17. The molecule has 0 aliphatic rings. The first kappa shape index (κ1) is 13.8. The summed E-state index contributed by atoms with van der Waals surface area (Å²) in [7, 11) is 1.91.